The second-order valence-corrected chi connectivity index (χ2v) is 4.64. The Morgan fingerprint density at radius 2 is 2.10 bits per heavy atom. The second kappa shape index (κ2) is 10.1. The van der Waals surface area contributed by atoms with Crippen LogP contribution in [0, 0.1) is 0 Å². The fourth-order valence-electron chi connectivity index (χ4n) is 1.63. The lowest BCUT2D eigenvalue weighted by molar-refractivity contribution is 0.0526. The fourth-order valence-corrected chi connectivity index (χ4v) is 1.85. The van der Waals surface area contributed by atoms with Gasteiger partial charge in [-0.05, 0) is 50.7 Å². The maximum atomic E-state index is 11.6. The average molecular weight is 310 g/mol. The van der Waals surface area contributed by atoms with Crippen molar-refractivity contribution in [3.63, 3.8) is 0 Å². The zero-order valence-electron chi connectivity index (χ0n) is 12.5. The van der Waals surface area contributed by atoms with Gasteiger partial charge in [0.15, 0.2) is 5.11 Å². The van der Waals surface area contributed by atoms with E-state index in [2.05, 4.69) is 10.6 Å². The Kier molecular flexibility index (Phi) is 8.38. The lowest BCUT2D eigenvalue weighted by Crippen LogP contribution is -2.29. The van der Waals surface area contributed by atoms with E-state index in [9.17, 15) is 4.79 Å². The maximum absolute atomic E-state index is 11.6. The molecule has 5 nitrogen and oxygen atoms in total. The van der Waals surface area contributed by atoms with Crippen molar-refractivity contribution in [3.05, 3.63) is 29.8 Å². The summed E-state index contributed by atoms with van der Waals surface area (Å²) in [6.45, 7) is 6.28. The third-order valence-corrected chi connectivity index (χ3v) is 2.83. The first-order valence-electron chi connectivity index (χ1n) is 7.07. The number of hydrogen-bond acceptors (Lipinski definition) is 4. The molecular formula is C15H22N2O3S. The molecule has 116 valence electrons. The Balaban J connectivity index is 2.41. The van der Waals surface area contributed by atoms with E-state index in [0.29, 0.717) is 23.9 Å². The minimum atomic E-state index is -0.336. The molecule has 0 aliphatic carbocycles. The maximum Gasteiger partial charge on any atom is 0.338 e. The Morgan fingerprint density at radius 1 is 1.29 bits per heavy atom. The first-order valence-corrected chi connectivity index (χ1v) is 7.48. The van der Waals surface area contributed by atoms with E-state index in [1.54, 1.807) is 25.1 Å². The van der Waals surface area contributed by atoms with Gasteiger partial charge >= 0.3 is 5.97 Å². The fraction of sp³-hybridized carbons (Fsp3) is 0.467. The van der Waals surface area contributed by atoms with Crippen LogP contribution in [0.5, 0.6) is 0 Å². The Bertz CT molecular complexity index is 466. The highest BCUT2D eigenvalue weighted by molar-refractivity contribution is 7.80. The molecule has 0 saturated heterocycles. The number of carbonyl (C=O) groups excluding carboxylic acids is 1. The number of esters is 1. The van der Waals surface area contributed by atoms with Gasteiger partial charge in [-0.1, -0.05) is 6.07 Å². The molecule has 0 aromatic heterocycles. The lowest BCUT2D eigenvalue weighted by Gasteiger charge is -2.11. The molecule has 0 fully saturated rings. The topological polar surface area (TPSA) is 59.6 Å². The van der Waals surface area contributed by atoms with E-state index in [1.165, 1.54) is 0 Å². The first kappa shape index (κ1) is 17.4. The van der Waals surface area contributed by atoms with Crippen LogP contribution in [-0.2, 0) is 9.47 Å². The number of rotatable bonds is 8. The molecule has 0 radical (unpaired) electrons. The van der Waals surface area contributed by atoms with Gasteiger partial charge in [0, 0.05) is 25.4 Å². The van der Waals surface area contributed by atoms with Crippen molar-refractivity contribution in [2.75, 3.05) is 31.7 Å². The van der Waals surface area contributed by atoms with Crippen LogP contribution < -0.4 is 10.6 Å². The zero-order valence-corrected chi connectivity index (χ0v) is 13.3. The number of ether oxygens (including phenoxy) is 2. The van der Waals surface area contributed by atoms with E-state index in [-0.39, 0.29) is 5.97 Å². The standard InChI is InChI=1S/C15H22N2O3S/c1-3-19-10-6-9-16-15(21)17-13-8-5-7-12(11-13)14(18)20-4-2/h5,7-8,11H,3-4,6,9-10H2,1-2H3,(H2,16,17,21). The number of anilines is 1. The SMILES string of the molecule is CCOCCCNC(=S)Nc1cccc(C(=O)OCC)c1. The molecule has 0 aliphatic heterocycles. The van der Waals surface area contributed by atoms with E-state index >= 15 is 0 Å². The minimum absolute atomic E-state index is 0.336. The lowest BCUT2D eigenvalue weighted by atomic mass is 10.2. The molecule has 6 heteroatoms. The van der Waals surface area contributed by atoms with Crippen LogP contribution in [0.15, 0.2) is 24.3 Å². The Labute approximate surface area is 131 Å². The van der Waals surface area contributed by atoms with Crippen LogP contribution in [0.3, 0.4) is 0 Å². The molecule has 0 saturated carbocycles. The third-order valence-electron chi connectivity index (χ3n) is 2.59. The van der Waals surface area contributed by atoms with Crippen molar-refractivity contribution in [1.82, 2.24) is 5.32 Å². The highest BCUT2D eigenvalue weighted by Gasteiger charge is 2.07. The third kappa shape index (κ3) is 7.06. The summed E-state index contributed by atoms with van der Waals surface area (Å²) >= 11 is 5.19. The normalized spacial score (nSPS) is 10.0. The van der Waals surface area contributed by atoms with Crippen molar-refractivity contribution < 1.29 is 14.3 Å². The van der Waals surface area contributed by atoms with Crippen molar-refractivity contribution in [2.24, 2.45) is 0 Å². The summed E-state index contributed by atoms with van der Waals surface area (Å²) in [7, 11) is 0. The van der Waals surface area contributed by atoms with Crippen LogP contribution in [-0.4, -0.2) is 37.4 Å². The second-order valence-electron chi connectivity index (χ2n) is 4.23. The van der Waals surface area contributed by atoms with E-state index in [1.807, 2.05) is 13.0 Å². The Hall–Kier alpha value is -1.66. The van der Waals surface area contributed by atoms with E-state index in [0.717, 1.165) is 25.3 Å². The largest absolute Gasteiger partial charge is 0.462 e. The summed E-state index contributed by atoms with van der Waals surface area (Å²) in [6, 6.07) is 7.05. The summed E-state index contributed by atoms with van der Waals surface area (Å²) in [6.07, 6.45) is 0.887. The van der Waals surface area contributed by atoms with E-state index < -0.39 is 0 Å². The van der Waals surface area contributed by atoms with Crippen molar-refractivity contribution in [1.29, 1.82) is 0 Å². The molecular weight excluding hydrogens is 288 g/mol. The molecule has 21 heavy (non-hydrogen) atoms. The van der Waals surface area contributed by atoms with Gasteiger partial charge in [0.2, 0.25) is 0 Å². The molecule has 0 atom stereocenters. The quantitative estimate of drug-likeness (QED) is 0.437. The van der Waals surface area contributed by atoms with E-state index in [4.69, 9.17) is 21.7 Å². The summed E-state index contributed by atoms with van der Waals surface area (Å²) in [5, 5.41) is 6.65. The van der Waals surface area contributed by atoms with Crippen molar-refractivity contribution in [2.45, 2.75) is 20.3 Å². The number of thiocarbonyl (C=S) groups is 1. The first-order chi connectivity index (χ1) is 10.2. The van der Waals surface area contributed by atoms with Crippen LogP contribution in [0.1, 0.15) is 30.6 Å². The van der Waals surface area contributed by atoms with Gasteiger partial charge < -0.3 is 20.1 Å². The highest BCUT2D eigenvalue weighted by Crippen LogP contribution is 2.11. The van der Waals surface area contributed by atoms with Gasteiger partial charge in [-0.2, -0.15) is 0 Å². The molecule has 0 bridgehead atoms. The predicted molar refractivity (Wildman–Crippen MR) is 87.7 cm³/mol. The Morgan fingerprint density at radius 3 is 2.81 bits per heavy atom. The van der Waals surface area contributed by atoms with Crippen molar-refractivity contribution in [3.8, 4) is 0 Å². The molecule has 1 aromatic carbocycles. The highest BCUT2D eigenvalue weighted by atomic mass is 32.1. The van der Waals surface area contributed by atoms with Gasteiger partial charge in [0.1, 0.15) is 0 Å². The number of benzene rings is 1. The van der Waals surface area contributed by atoms with Gasteiger partial charge in [0.05, 0.1) is 12.2 Å². The molecule has 0 amide bonds. The molecule has 1 rings (SSSR count). The number of nitrogens with one attached hydrogen (secondary N) is 2. The van der Waals surface area contributed by atoms with Gasteiger partial charge in [0.25, 0.3) is 0 Å². The number of hydrogen-bond donors (Lipinski definition) is 2. The van der Waals surface area contributed by atoms with Crippen molar-refractivity contribution >= 4 is 29.0 Å². The molecule has 0 spiro atoms. The smallest absolute Gasteiger partial charge is 0.338 e. The van der Waals surface area contributed by atoms with Crippen LogP contribution >= 0.6 is 12.2 Å². The molecule has 0 aliphatic rings. The zero-order chi connectivity index (χ0) is 15.5. The molecule has 0 unspecified atom stereocenters. The molecule has 1 aromatic rings. The van der Waals surface area contributed by atoms with Crippen LogP contribution in [0.25, 0.3) is 0 Å². The molecule has 0 heterocycles. The monoisotopic (exact) mass is 310 g/mol. The summed E-state index contributed by atoms with van der Waals surface area (Å²) in [4.78, 5) is 11.6. The molecule has 2 N–H and O–H groups in total. The van der Waals surface area contributed by atoms with Gasteiger partial charge in [-0.15, -0.1) is 0 Å². The summed E-state index contributed by atoms with van der Waals surface area (Å²) in [5.41, 5.74) is 1.25. The van der Waals surface area contributed by atoms with Crippen LogP contribution in [0.2, 0.25) is 0 Å². The minimum Gasteiger partial charge on any atom is -0.462 e. The predicted octanol–water partition coefficient (Wildman–Crippen LogP) is 2.58. The average Bonchev–Trinajstić information content (AvgIpc) is 2.47. The van der Waals surface area contributed by atoms with Gasteiger partial charge in [-0.3, -0.25) is 0 Å². The van der Waals surface area contributed by atoms with Gasteiger partial charge in [-0.25, -0.2) is 4.79 Å². The number of carbonyl (C=O) groups is 1. The van der Waals surface area contributed by atoms with Crippen LogP contribution in [0.4, 0.5) is 5.69 Å². The summed E-state index contributed by atoms with van der Waals surface area (Å²) in [5.74, 6) is -0.336. The summed E-state index contributed by atoms with van der Waals surface area (Å²) < 4.78 is 10.2.